The summed E-state index contributed by atoms with van der Waals surface area (Å²) >= 11 is 0. The molecule has 0 N–H and O–H groups in total. The molecule has 0 spiro atoms. The van der Waals surface area contributed by atoms with Crippen molar-refractivity contribution in [2.45, 2.75) is 64.5 Å². The first kappa shape index (κ1) is 17.3. The number of hydrogen-bond acceptors (Lipinski definition) is 4. The van der Waals surface area contributed by atoms with Crippen molar-refractivity contribution < 1.29 is 0 Å². The van der Waals surface area contributed by atoms with Gasteiger partial charge in [0, 0.05) is 54.4 Å². The summed E-state index contributed by atoms with van der Waals surface area (Å²) in [4.78, 5) is 13.8. The topological polar surface area (TPSA) is 32.3 Å². The van der Waals surface area contributed by atoms with E-state index in [4.69, 9.17) is 0 Å². The van der Waals surface area contributed by atoms with Crippen LogP contribution in [0.2, 0.25) is 0 Å². The van der Waals surface area contributed by atoms with Crippen molar-refractivity contribution >= 4 is 11.4 Å². The summed E-state index contributed by atoms with van der Waals surface area (Å²) in [5, 5.41) is 0. The molecule has 26 heavy (non-hydrogen) atoms. The second-order valence-corrected chi connectivity index (χ2v) is 9.34. The van der Waals surface area contributed by atoms with E-state index in [1.54, 1.807) is 0 Å². The fourth-order valence-corrected chi connectivity index (χ4v) is 4.76. The Morgan fingerprint density at radius 2 is 1.69 bits per heavy atom. The van der Waals surface area contributed by atoms with Crippen molar-refractivity contribution in [3.63, 3.8) is 0 Å². The van der Waals surface area contributed by atoms with Crippen LogP contribution in [0, 0.1) is 0 Å². The molecule has 4 rings (SSSR count). The van der Waals surface area contributed by atoms with Crippen molar-refractivity contribution in [2.24, 2.45) is 0 Å². The molecule has 1 unspecified atom stereocenters. The van der Waals surface area contributed by atoms with Gasteiger partial charge in [0.1, 0.15) is 0 Å². The van der Waals surface area contributed by atoms with E-state index in [1.807, 2.05) is 24.8 Å². The van der Waals surface area contributed by atoms with Crippen LogP contribution in [0.5, 0.6) is 0 Å². The fourth-order valence-electron chi connectivity index (χ4n) is 4.76. The maximum atomic E-state index is 4.40. The first-order chi connectivity index (χ1) is 12.3. The van der Waals surface area contributed by atoms with E-state index in [1.165, 1.54) is 22.5 Å². The Labute approximate surface area is 157 Å². The van der Waals surface area contributed by atoms with Crippen LogP contribution in [-0.2, 0) is 6.42 Å². The van der Waals surface area contributed by atoms with Crippen LogP contribution in [0.3, 0.4) is 0 Å². The number of pyridine rings is 2. The van der Waals surface area contributed by atoms with Crippen LogP contribution < -0.4 is 9.80 Å². The Morgan fingerprint density at radius 1 is 0.962 bits per heavy atom. The van der Waals surface area contributed by atoms with Gasteiger partial charge in [-0.3, -0.25) is 9.97 Å². The third-order valence-electron chi connectivity index (χ3n) is 6.03. The number of anilines is 2. The van der Waals surface area contributed by atoms with Gasteiger partial charge in [0.15, 0.2) is 0 Å². The maximum Gasteiger partial charge on any atom is 0.0593 e. The van der Waals surface area contributed by atoms with E-state index in [2.05, 4.69) is 66.5 Å². The molecular formula is C22H30N4. The second-order valence-electron chi connectivity index (χ2n) is 9.34. The highest BCUT2D eigenvalue weighted by atomic mass is 15.2. The molecule has 1 atom stereocenters. The van der Waals surface area contributed by atoms with E-state index in [9.17, 15) is 0 Å². The molecule has 0 bridgehead atoms. The van der Waals surface area contributed by atoms with Gasteiger partial charge in [0.2, 0.25) is 0 Å². The molecule has 0 aromatic carbocycles. The molecule has 4 heterocycles. The number of hydrogen-bond donors (Lipinski definition) is 0. The summed E-state index contributed by atoms with van der Waals surface area (Å²) in [7, 11) is 0. The quantitative estimate of drug-likeness (QED) is 0.821. The van der Waals surface area contributed by atoms with Gasteiger partial charge in [0.05, 0.1) is 11.9 Å². The Morgan fingerprint density at radius 3 is 2.46 bits per heavy atom. The van der Waals surface area contributed by atoms with Crippen molar-refractivity contribution in [1.82, 2.24) is 9.97 Å². The van der Waals surface area contributed by atoms with Gasteiger partial charge in [-0.2, -0.15) is 0 Å². The predicted octanol–water partition coefficient (Wildman–Crippen LogP) is 4.41. The SMILES string of the molecule is CC(C)(C)N1CC(CC(C)(C)N2CCc3cnccc32)c2ccncc21. The smallest absolute Gasteiger partial charge is 0.0593 e. The van der Waals surface area contributed by atoms with Gasteiger partial charge in [-0.05, 0) is 70.7 Å². The summed E-state index contributed by atoms with van der Waals surface area (Å²) in [5.74, 6) is 0.535. The molecular weight excluding hydrogens is 320 g/mol. The number of nitrogens with zero attached hydrogens (tertiary/aromatic N) is 4. The molecule has 0 fully saturated rings. The summed E-state index contributed by atoms with van der Waals surface area (Å²) < 4.78 is 0. The number of aromatic nitrogens is 2. The fraction of sp³-hybridized carbons (Fsp3) is 0.545. The van der Waals surface area contributed by atoms with Crippen molar-refractivity contribution in [2.75, 3.05) is 22.9 Å². The van der Waals surface area contributed by atoms with Crippen LogP contribution in [-0.4, -0.2) is 34.1 Å². The standard InChI is InChI=1S/C22H30N4/c1-21(2,3)26-15-17(18-6-9-24-14-20(18)26)12-22(4,5)25-11-8-16-13-23-10-7-19(16)25/h6-7,9-10,13-14,17H,8,11-12,15H2,1-5H3. The molecule has 0 saturated carbocycles. The molecule has 2 aliphatic rings. The van der Waals surface area contributed by atoms with Crippen molar-refractivity contribution in [1.29, 1.82) is 0 Å². The Hall–Kier alpha value is -2.10. The molecule has 4 heteroatoms. The van der Waals surface area contributed by atoms with E-state index in [0.717, 1.165) is 25.9 Å². The average Bonchev–Trinajstić information content (AvgIpc) is 3.17. The van der Waals surface area contributed by atoms with Crippen LogP contribution in [0.15, 0.2) is 36.9 Å². The molecule has 0 saturated heterocycles. The minimum atomic E-state index is 0.103. The lowest BCUT2D eigenvalue weighted by molar-refractivity contribution is 0.390. The molecule has 0 aliphatic carbocycles. The Kier molecular flexibility index (Phi) is 3.98. The van der Waals surface area contributed by atoms with Gasteiger partial charge < -0.3 is 9.80 Å². The Bertz CT molecular complexity index is 806. The minimum absolute atomic E-state index is 0.103. The van der Waals surface area contributed by atoms with Crippen LogP contribution >= 0.6 is 0 Å². The van der Waals surface area contributed by atoms with Crippen LogP contribution in [0.4, 0.5) is 11.4 Å². The van der Waals surface area contributed by atoms with Crippen LogP contribution in [0.25, 0.3) is 0 Å². The number of fused-ring (bicyclic) bond motifs is 2. The molecule has 2 aromatic heterocycles. The highest BCUT2D eigenvalue weighted by molar-refractivity contribution is 5.62. The van der Waals surface area contributed by atoms with Gasteiger partial charge in [0.25, 0.3) is 0 Å². The largest absolute Gasteiger partial charge is 0.366 e. The second kappa shape index (κ2) is 5.97. The minimum Gasteiger partial charge on any atom is -0.366 e. The van der Waals surface area contributed by atoms with E-state index in [-0.39, 0.29) is 11.1 Å². The lowest BCUT2D eigenvalue weighted by atomic mass is 9.86. The van der Waals surface area contributed by atoms with E-state index >= 15 is 0 Å². The average molecular weight is 351 g/mol. The maximum absolute atomic E-state index is 4.40. The molecule has 4 nitrogen and oxygen atoms in total. The summed E-state index contributed by atoms with van der Waals surface area (Å²) in [6, 6.07) is 4.40. The van der Waals surface area contributed by atoms with Gasteiger partial charge in [-0.1, -0.05) is 0 Å². The van der Waals surface area contributed by atoms with E-state index < -0.39 is 0 Å². The molecule has 2 aromatic rings. The highest BCUT2D eigenvalue weighted by Crippen LogP contribution is 2.45. The van der Waals surface area contributed by atoms with Crippen molar-refractivity contribution in [3.05, 3.63) is 48.0 Å². The summed E-state index contributed by atoms with van der Waals surface area (Å²) in [5.41, 5.74) is 5.73. The van der Waals surface area contributed by atoms with Crippen molar-refractivity contribution in [3.8, 4) is 0 Å². The zero-order chi connectivity index (χ0) is 18.5. The first-order valence-electron chi connectivity index (χ1n) is 9.69. The van der Waals surface area contributed by atoms with Gasteiger partial charge in [-0.15, -0.1) is 0 Å². The van der Waals surface area contributed by atoms with Crippen LogP contribution in [0.1, 0.15) is 58.1 Å². The molecule has 138 valence electrons. The molecule has 0 amide bonds. The summed E-state index contributed by atoms with van der Waals surface area (Å²) in [6.07, 6.45) is 10.2. The molecule has 2 aliphatic heterocycles. The zero-order valence-corrected chi connectivity index (χ0v) is 16.7. The zero-order valence-electron chi connectivity index (χ0n) is 16.7. The third kappa shape index (κ3) is 2.85. The van der Waals surface area contributed by atoms with E-state index in [0.29, 0.717) is 5.92 Å². The third-order valence-corrected chi connectivity index (χ3v) is 6.03. The highest BCUT2D eigenvalue weighted by Gasteiger charge is 2.40. The Balaban J connectivity index is 1.61. The lowest BCUT2D eigenvalue weighted by Crippen LogP contribution is -2.45. The normalized spacial score (nSPS) is 19.7. The molecule has 0 radical (unpaired) electrons. The van der Waals surface area contributed by atoms with Gasteiger partial charge in [-0.25, -0.2) is 0 Å². The first-order valence-corrected chi connectivity index (χ1v) is 9.69. The summed E-state index contributed by atoms with van der Waals surface area (Å²) in [6.45, 7) is 13.8. The predicted molar refractivity (Wildman–Crippen MR) is 108 cm³/mol. The monoisotopic (exact) mass is 350 g/mol. The number of rotatable bonds is 3. The van der Waals surface area contributed by atoms with Gasteiger partial charge >= 0.3 is 0 Å². The lowest BCUT2D eigenvalue weighted by Gasteiger charge is -2.40.